The Balaban J connectivity index is 1.95. The van der Waals surface area contributed by atoms with Crippen molar-refractivity contribution in [2.75, 3.05) is 11.9 Å². The van der Waals surface area contributed by atoms with Crippen LogP contribution >= 0.6 is 11.6 Å². The van der Waals surface area contributed by atoms with Crippen molar-refractivity contribution in [1.29, 1.82) is 0 Å². The second-order valence-electron chi connectivity index (χ2n) is 4.74. The number of carboxylic acids is 1. The van der Waals surface area contributed by atoms with Gasteiger partial charge in [-0.2, -0.15) is 0 Å². The third-order valence-corrected chi connectivity index (χ3v) is 3.49. The Bertz CT molecular complexity index is 512. The summed E-state index contributed by atoms with van der Waals surface area (Å²) in [6.07, 6.45) is 3.25. The van der Waals surface area contributed by atoms with Gasteiger partial charge >= 0.3 is 5.97 Å². The Morgan fingerprint density at radius 2 is 2.20 bits per heavy atom. The number of carbonyl (C=O) groups is 2. The zero-order valence-electron chi connectivity index (χ0n) is 10.9. The summed E-state index contributed by atoms with van der Waals surface area (Å²) >= 11 is 5.95. The third-order valence-electron chi connectivity index (χ3n) is 3.18. The van der Waals surface area contributed by atoms with Gasteiger partial charge in [-0.1, -0.05) is 11.6 Å². The molecule has 1 heterocycles. The van der Waals surface area contributed by atoms with E-state index >= 15 is 0 Å². The molecule has 1 unspecified atom stereocenters. The van der Waals surface area contributed by atoms with E-state index in [1.807, 2.05) is 0 Å². The highest BCUT2D eigenvalue weighted by molar-refractivity contribution is 6.34. The molecular weight excluding hydrogens is 282 g/mol. The van der Waals surface area contributed by atoms with Crippen molar-refractivity contribution in [2.24, 2.45) is 0 Å². The number of carboxylic acid groups (broad SMARTS) is 1. The van der Waals surface area contributed by atoms with Gasteiger partial charge in [-0.15, -0.1) is 0 Å². The fraction of sp³-hybridized carbons (Fsp3) is 0.429. The SMILES string of the molecule is O=C(CC1CCCCO1)Nc1ccc(C(=O)O)cc1Cl. The van der Waals surface area contributed by atoms with Gasteiger partial charge < -0.3 is 15.2 Å². The van der Waals surface area contributed by atoms with Crippen LogP contribution in [0.25, 0.3) is 0 Å². The van der Waals surface area contributed by atoms with Crippen LogP contribution in [0.3, 0.4) is 0 Å². The molecule has 1 fully saturated rings. The lowest BCUT2D eigenvalue weighted by Crippen LogP contribution is -2.25. The van der Waals surface area contributed by atoms with Crippen molar-refractivity contribution in [3.05, 3.63) is 28.8 Å². The first kappa shape index (κ1) is 14.8. The van der Waals surface area contributed by atoms with E-state index in [4.69, 9.17) is 21.4 Å². The van der Waals surface area contributed by atoms with Gasteiger partial charge in [-0.3, -0.25) is 4.79 Å². The van der Waals surface area contributed by atoms with Gasteiger partial charge in [0.25, 0.3) is 0 Å². The first-order valence-electron chi connectivity index (χ1n) is 6.50. The second kappa shape index (κ2) is 6.72. The highest BCUT2D eigenvalue weighted by Gasteiger charge is 2.18. The summed E-state index contributed by atoms with van der Waals surface area (Å²) in [5, 5.41) is 11.7. The molecule has 0 radical (unpaired) electrons. The van der Waals surface area contributed by atoms with Gasteiger partial charge in [-0.05, 0) is 37.5 Å². The van der Waals surface area contributed by atoms with E-state index in [0.717, 1.165) is 19.3 Å². The molecule has 2 N–H and O–H groups in total. The van der Waals surface area contributed by atoms with Crippen molar-refractivity contribution in [3.8, 4) is 0 Å². The average Bonchev–Trinajstić information content (AvgIpc) is 2.42. The minimum Gasteiger partial charge on any atom is -0.478 e. The van der Waals surface area contributed by atoms with E-state index in [0.29, 0.717) is 12.3 Å². The maximum absolute atomic E-state index is 11.9. The summed E-state index contributed by atoms with van der Waals surface area (Å²) in [7, 11) is 0. The average molecular weight is 298 g/mol. The number of aromatic carboxylic acids is 1. The van der Waals surface area contributed by atoms with Crippen molar-refractivity contribution in [3.63, 3.8) is 0 Å². The fourth-order valence-electron chi connectivity index (χ4n) is 2.13. The van der Waals surface area contributed by atoms with E-state index < -0.39 is 5.97 Å². The highest BCUT2D eigenvalue weighted by Crippen LogP contribution is 2.24. The first-order chi connectivity index (χ1) is 9.56. The van der Waals surface area contributed by atoms with Gasteiger partial charge in [0.15, 0.2) is 0 Å². The van der Waals surface area contributed by atoms with E-state index in [2.05, 4.69) is 5.32 Å². The Labute approximate surface area is 121 Å². The normalized spacial score (nSPS) is 18.6. The number of carbonyl (C=O) groups excluding carboxylic acids is 1. The summed E-state index contributed by atoms with van der Waals surface area (Å²) in [5.41, 5.74) is 0.501. The highest BCUT2D eigenvalue weighted by atomic mass is 35.5. The standard InChI is InChI=1S/C14H16ClNO4/c15-11-7-9(14(18)19)4-5-12(11)16-13(17)8-10-3-1-2-6-20-10/h4-5,7,10H,1-3,6,8H2,(H,16,17)(H,18,19). The molecular formula is C14H16ClNO4. The Kier molecular flexibility index (Phi) is 4.98. The molecule has 20 heavy (non-hydrogen) atoms. The molecule has 1 amide bonds. The zero-order valence-corrected chi connectivity index (χ0v) is 11.7. The molecule has 0 saturated carbocycles. The predicted octanol–water partition coefficient (Wildman–Crippen LogP) is 2.94. The number of rotatable bonds is 4. The maximum atomic E-state index is 11.9. The molecule has 108 valence electrons. The number of ether oxygens (including phenoxy) is 1. The maximum Gasteiger partial charge on any atom is 0.335 e. The molecule has 0 spiro atoms. The molecule has 1 saturated heterocycles. The zero-order chi connectivity index (χ0) is 14.5. The summed E-state index contributed by atoms with van der Waals surface area (Å²) in [4.78, 5) is 22.7. The number of benzene rings is 1. The van der Waals surface area contributed by atoms with Crippen LogP contribution in [0, 0.1) is 0 Å². The number of hydrogen-bond donors (Lipinski definition) is 2. The van der Waals surface area contributed by atoms with Crippen LogP contribution in [-0.4, -0.2) is 29.7 Å². The molecule has 0 aromatic heterocycles. The lowest BCUT2D eigenvalue weighted by atomic mass is 10.1. The van der Waals surface area contributed by atoms with Crippen molar-refractivity contribution in [2.45, 2.75) is 31.8 Å². The number of anilines is 1. The quantitative estimate of drug-likeness (QED) is 0.896. The molecule has 6 heteroatoms. The van der Waals surface area contributed by atoms with E-state index in [1.165, 1.54) is 18.2 Å². The monoisotopic (exact) mass is 297 g/mol. The van der Waals surface area contributed by atoms with Crippen molar-refractivity contribution >= 4 is 29.2 Å². The Hall–Kier alpha value is -1.59. The second-order valence-corrected chi connectivity index (χ2v) is 5.15. The summed E-state index contributed by atoms with van der Waals surface area (Å²) in [5.74, 6) is -1.23. The fourth-order valence-corrected chi connectivity index (χ4v) is 2.35. The molecule has 0 aliphatic carbocycles. The molecule has 1 aliphatic rings. The van der Waals surface area contributed by atoms with Crippen LogP contribution in [0.4, 0.5) is 5.69 Å². The summed E-state index contributed by atoms with van der Waals surface area (Å²) in [6.45, 7) is 0.700. The minimum absolute atomic E-state index is 0.0409. The van der Waals surface area contributed by atoms with Gasteiger partial charge in [0.2, 0.25) is 5.91 Å². The Morgan fingerprint density at radius 1 is 1.40 bits per heavy atom. The van der Waals surface area contributed by atoms with Crippen LogP contribution in [0.5, 0.6) is 0 Å². The molecule has 1 aromatic rings. The van der Waals surface area contributed by atoms with Gasteiger partial charge in [0.1, 0.15) is 0 Å². The van der Waals surface area contributed by atoms with Crippen LogP contribution in [-0.2, 0) is 9.53 Å². The predicted molar refractivity (Wildman–Crippen MR) is 75.2 cm³/mol. The number of amides is 1. The molecule has 1 atom stereocenters. The van der Waals surface area contributed by atoms with Crippen LogP contribution in [0.15, 0.2) is 18.2 Å². The van der Waals surface area contributed by atoms with Gasteiger partial charge in [0.05, 0.1) is 28.8 Å². The summed E-state index contributed by atoms with van der Waals surface area (Å²) in [6, 6.07) is 4.21. The number of hydrogen-bond acceptors (Lipinski definition) is 3. The van der Waals surface area contributed by atoms with Gasteiger partial charge in [-0.25, -0.2) is 4.79 Å². The first-order valence-corrected chi connectivity index (χ1v) is 6.88. The molecule has 1 aliphatic heterocycles. The van der Waals surface area contributed by atoms with Crippen molar-refractivity contribution in [1.82, 2.24) is 0 Å². The molecule has 1 aromatic carbocycles. The van der Waals surface area contributed by atoms with E-state index in [9.17, 15) is 9.59 Å². The minimum atomic E-state index is -1.06. The lowest BCUT2D eigenvalue weighted by Gasteiger charge is -2.22. The van der Waals surface area contributed by atoms with Gasteiger partial charge in [0, 0.05) is 6.61 Å². The van der Waals surface area contributed by atoms with Crippen LogP contribution < -0.4 is 5.32 Å². The molecule has 5 nitrogen and oxygen atoms in total. The smallest absolute Gasteiger partial charge is 0.335 e. The van der Waals surface area contributed by atoms with E-state index in [-0.39, 0.29) is 29.0 Å². The molecule has 0 bridgehead atoms. The number of nitrogens with one attached hydrogen (secondary N) is 1. The third kappa shape index (κ3) is 3.95. The Morgan fingerprint density at radius 3 is 2.80 bits per heavy atom. The lowest BCUT2D eigenvalue weighted by molar-refractivity contribution is -0.119. The summed E-state index contributed by atoms with van der Waals surface area (Å²) < 4.78 is 5.50. The molecule has 2 rings (SSSR count). The number of halogens is 1. The van der Waals surface area contributed by atoms with Crippen LogP contribution in [0.1, 0.15) is 36.0 Å². The van der Waals surface area contributed by atoms with Crippen molar-refractivity contribution < 1.29 is 19.4 Å². The van der Waals surface area contributed by atoms with Crippen LogP contribution in [0.2, 0.25) is 5.02 Å². The van der Waals surface area contributed by atoms with E-state index in [1.54, 1.807) is 0 Å². The topological polar surface area (TPSA) is 75.6 Å². The largest absolute Gasteiger partial charge is 0.478 e.